The van der Waals surface area contributed by atoms with E-state index in [1.165, 1.54) is 77.0 Å². The molecule has 2 rings (SSSR count). The van der Waals surface area contributed by atoms with Gasteiger partial charge in [0.25, 0.3) is 0 Å². The Morgan fingerprint density at radius 3 is 1.67 bits per heavy atom. The van der Waals surface area contributed by atoms with Gasteiger partial charge in [0.05, 0.1) is 18.1 Å². The van der Waals surface area contributed by atoms with Crippen LogP contribution < -0.4 is 10.2 Å². The number of hydrogen-bond acceptors (Lipinski definition) is 4. The molecule has 0 spiro atoms. The fourth-order valence-electron chi connectivity index (χ4n) is 3.72. The maximum Gasteiger partial charge on any atom is 0.225 e. The largest absolute Gasteiger partial charge is 0.353 e. The van der Waals surface area contributed by atoms with Gasteiger partial charge in [-0.3, -0.25) is 0 Å². The minimum Gasteiger partial charge on any atom is -0.353 e. The Morgan fingerprint density at radius 1 is 0.633 bits per heavy atom. The third-order valence-electron chi connectivity index (χ3n) is 5.55. The molecule has 0 amide bonds. The van der Waals surface area contributed by atoms with Gasteiger partial charge in [0, 0.05) is 18.8 Å². The molecule has 0 aliphatic heterocycles. The highest BCUT2D eigenvalue weighted by atomic mass is 15.2. The van der Waals surface area contributed by atoms with Gasteiger partial charge < -0.3 is 10.2 Å². The minimum absolute atomic E-state index is 0.871. The number of nitrogens with zero attached hydrogens (tertiary/aromatic N) is 3. The molecule has 0 saturated carbocycles. The van der Waals surface area contributed by atoms with Gasteiger partial charge in [0.1, 0.15) is 0 Å². The predicted octanol–water partition coefficient (Wildman–Crippen LogP) is 7.75. The summed E-state index contributed by atoms with van der Waals surface area (Å²) in [4.78, 5) is 11.8. The molecule has 2 aromatic rings. The van der Waals surface area contributed by atoms with Crippen molar-refractivity contribution >= 4 is 17.3 Å². The Labute approximate surface area is 184 Å². The third kappa shape index (κ3) is 10.1. The molecular weight excluding hydrogens is 368 g/mol. The summed E-state index contributed by atoms with van der Waals surface area (Å²) < 4.78 is 0. The second kappa shape index (κ2) is 15.7. The molecule has 0 fully saturated rings. The molecule has 0 saturated heterocycles. The van der Waals surface area contributed by atoms with Crippen LogP contribution >= 0.6 is 0 Å². The zero-order chi connectivity index (χ0) is 21.3. The van der Waals surface area contributed by atoms with Crippen molar-refractivity contribution in [2.45, 2.75) is 90.9 Å². The van der Waals surface area contributed by atoms with Gasteiger partial charge in [-0.05, 0) is 25.0 Å². The van der Waals surface area contributed by atoms with Crippen LogP contribution in [0.25, 0.3) is 0 Å². The Bertz CT molecular complexity index is 626. The number of benzene rings is 1. The van der Waals surface area contributed by atoms with E-state index in [0.29, 0.717) is 0 Å². The van der Waals surface area contributed by atoms with Gasteiger partial charge in [0.2, 0.25) is 5.95 Å². The van der Waals surface area contributed by atoms with Crippen molar-refractivity contribution in [2.75, 3.05) is 23.3 Å². The van der Waals surface area contributed by atoms with E-state index in [2.05, 4.69) is 46.2 Å². The number of hydrogen-bond donors (Lipinski definition) is 1. The van der Waals surface area contributed by atoms with Gasteiger partial charge in [-0.15, -0.1) is 0 Å². The number of aromatic nitrogens is 2. The summed E-state index contributed by atoms with van der Waals surface area (Å²) in [6.07, 6.45) is 19.6. The fourth-order valence-corrected chi connectivity index (χ4v) is 3.72. The monoisotopic (exact) mass is 410 g/mol. The third-order valence-corrected chi connectivity index (χ3v) is 5.55. The Kier molecular flexibility index (Phi) is 12.7. The Morgan fingerprint density at radius 2 is 1.13 bits per heavy atom. The summed E-state index contributed by atoms with van der Waals surface area (Å²) in [5, 5.41) is 3.37. The van der Waals surface area contributed by atoms with Crippen molar-refractivity contribution in [2.24, 2.45) is 0 Å². The number of unbranched alkanes of at least 4 members (excludes halogenated alkanes) is 10. The van der Waals surface area contributed by atoms with Crippen molar-refractivity contribution in [3.8, 4) is 0 Å². The van der Waals surface area contributed by atoms with Crippen LogP contribution in [-0.4, -0.2) is 23.1 Å². The lowest BCUT2D eigenvalue weighted by Gasteiger charge is -2.23. The predicted molar refractivity (Wildman–Crippen MR) is 131 cm³/mol. The van der Waals surface area contributed by atoms with Crippen LogP contribution in [0, 0.1) is 0 Å². The zero-order valence-electron chi connectivity index (χ0n) is 19.3. The molecule has 0 aliphatic carbocycles. The van der Waals surface area contributed by atoms with E-state index < -0.39 is 0 Å². The van der Waals surface area contributed by atoms with Crippen molar-refractivity contribution in [3.05, 3.63) is 42.7 Å². The van der Waals surface area contributed by atoms with Crippen LogP contribution in [0.5, 0.6) is 0 Å². The minimum atomic E-state index is 0.871. The maximum atomic E-state index is 4.68. The zero-order valence-corrected chi connectivity index (χ0v) is 19.3. The van der Waals surface area contributed by atoms with Crippen molar-refractivity contribution in [1.29, 1.82) is 0 Å². The van der Waals surface area contributed by atoms with Crippen molar-refractivity contribution in [1.82, 2.24) is 9.97 Å². The summed E-state index contributed by atoms with van der Waals surface area (Å²) in [6.45, 7) is 6.67. The first-order valence-corrected chi connectivity index (χ1v) is 12.2. The molecule has 1 aromatic carbocycles. The summed E-state index contributed by atoms with van der Waals surface area (Å²) in [6, 6.07) is 10.2. The van der Waals surface area contributed by atoms with Crippen LogP contribution in [0.15, 0.2) is 42.7 Å². The van der Waals surface area contributed by atoms with E-state index in [1.54, 1.807) is 0 Å². The van der Waals surface area contributed by atoms with Crippen LogP contribution in [0.1, 0.15) is 90.9 Å². The van der Waals surface area contributed by atoms with Gasteiger partial charge in [0.15, 0.2) is 0 Å². The first-order valence-electron chi connectivity index (χ1n) is 12.2. The molecule has 0 unspecified atom stereocenters. The van der Waals surface area contributed by atoms with Crippen molar-refractivity contribution in [3.63, 3.8) is 0 Å². The summed E-state index contributed by atoms with van der Waals surface area (Å²) in [7, 11) is 0. The van der Waals surface area contributed by atoms with Crippen LogP contribution in [0.4, 0.5) is 17.3 Å². The Balaban J connectivity index is 1.85. The SMILES string of the molecule is CCCCCCCCN(CCCCCCCC)c1ncc(Nc2ccccc2)cn1. The first kappa shape index (κ1) is 24.2. The summed E-state index contributed by atoms with van der Waals surface area (Å²) >= 11 is 0. The fraction of sp³-hybridized carbons (Fsp3) is 0.615. The average molecular weight is 411 g/mol. The number of anilines is 3. The highest BCUT2D eigenvalue weighted by Gasteiger charge is 2.09. The summed E-state index contributed by atoms with van der Waals surface area (Å²) in [5.74, 6) is 0.871. The molecule has 0 atom stereocenters. The van der Waals surface area contributed by atoms with E-state index in [-0.39, 0.29) is 0 Å². The second-order valence-electron chi connectivity index (χ2n) is 8.29. The number of para-hydroxylation sites is 1. The molecular formula is C26H42N4. The highest BCUT2D eigenvalue weighted by Crippen LogP contribution is 2.18. The quantitative estimate of drug-likeness (QED) is 0.271. The maximum absolute atomic E-state index is 4.68. The van der Waals surface area contributed by atoms with Crippen molar-refractivity contribution < 1.29 is 0 Å². The van der Waals surface area contributed by atoms with E-state index in [1.807, 2.05) is 30.6 Å². The van der Waals surface area contributed by atoms with E-state index >= 15 is 0 Å². The topological polar surface area (TPSA) is 41.1 Å². The molecule has 166 valence electrons. The normalized spacial score (nSPS) is 10.9. The molecule has 4 nitrogen and oxygen atoms in total. The molecule has 0 radical (unpaired) electrons. The van der Waals surface area contributed by atoms with Crippen LogP contribution in [0.2, 0.25) is 0 Å². The van der Waals surface area contributed by atoms with Gasteiger partial charge in [-0.25, -0.2) is 9.97 Å². The average Bonchev–Trinajstić information content (AvgIpc) is 2.78. The van der Waals surface area contributed by atoms with E-state index in [0.717, 1.165) is 30.4 Å². The van der Waals surface area contributed by atoms with Gasteiger partial charge in [-0.1, -0.05) is 96.3 Å². The second-order valence-corrected chi connectivity index (χ2v) is 8.29. The Hall–Kier alpha value is -2.10. The lowest BCUT2D eigenvalue weighted by Crippen LogP contribution is -2.27. The first-order chi connectivity index (χ1) is 14.8. The molecule has 4 heteroatoms. The molecule has 0 aliphatic rings. The number of nitrogens with one attached hydrogen (secondary N) is 1. The van der Waals surface area contributed by atoms with E-state index in [9.17, 15) is 0 Å². The molecule has 1 aromatic heterocycles. The molecule has 1 heterocycles. The lowest BCUT2D eigenvalue weighted by molar-refractivity contribution is 0.570. The van der Waals surface area contributed by atoms with E-state index in [4.69, 9.17) is 0 Å². The smallest absolute Gasteiger partial charge is 0.225 e. The van der Waals surface area contributed by atoms with Gasteiger partial charge >= 0.3 is 0 Å². The van der Waals surface area contributed by atoms with Crippen LogP contribution in [0.3, 0.4) is 0 Å². The summed E-state index contributed by atoms with van der Waals surface area (Å²) in [5.41, 5.74) is 1.99. The molecule has 30 heavy (non-hydrogen) atoms. The van der Waals surface area contributed by atoms with Gasteiger partial charge in [-0.2, -0.15) is 0 Å². The highest BCUT2D eigenvalue weighted by molar-refractivity contribution is 5.58. The lowest BCUT2D eigenvalue weighted by atomic mass is 10.1. The molecule has 1 N–H and O–H groups in total. The standard InChI is InChI=1S/C26H42N4/c1-3-5-7-9-11-16-20-30(21-17-12-10-8-6-4-2)26-27-22-25(23-28-26)29-24-18-14-13-15-19-24/h13-15,18-19,22-23,29H,3-12,16-17,20-21H2,1-2H3. The number of rotatable bonds is 17. The molecule has 0 bridgehead atoms. The van der Waals surface area contributed by atoms with Crippen LogP contribution in [-0.2, 0) is 0 Å².